The van der Waals surface area contributed by atoms with Crippen LogP contribution >= 0.6 is 0 Å². The first-order chi connectivity index (χ1) is 10.8. The number of fused-ring (bicyclic) bond motifs is 3. The van der Waals surface area contributed by atoms with Crippen LogP contribution in [-0.4, -0.2) is 0 Å². The molecule has 0 saturated heterocycles. The first kappa shape index (κ1) is 12.8. The van der Waals surface area contributed by atoms with Gasteiger partial charge in [0.05, 0.1) is 0 Å². The predicted molar refractivity (Wildman–Crippen MR) is 88.9 cm³/mol. The highest BCUT2D eigenvalue weighted by atomic mass is 16.5. The number of anilines is 1. The minimum atomic E-state index is 0.506. The maximum Gasteiger partial charge on any atom is 0.139 e. The Morgan fingerprint density at radius 2 is 1.59 bits per heavy atom. The summed E-state index contributed by atoms with van der Waals surface area (Å²) in [6.45, 7) is 0.506. The van der Waals surface area contributed by atoms with Crippen LogP contribution in [0.3, 0.4) is 0 Å². The minimum absolute atomic E-state index is 0.506. The molecule has 0 saturated carbocycles. The van der Waals surface area contributed by atoms with Crippen LogP contribution in [-0.2, 0) is 6.61 Å². The highest BCUT2D eigenvalue weighted by Crippen LogP contribution is 2.31. The summed E-state index contributed by atoms with van der Waals surface area (Å²) in [7, 11) is 0. The van der Waals surface area contributed by atoms with Crippen molar-refractivity contribution in [1.29, 1.82) is 0 Å². The van der Waals surface area contributed by atoms with E-state index >= 15 is 0 Å². The van der Waals surface area contributed by atoms with E-state index in [9.17, 15) is 0 Å². The molecule has 4 aromatic rings. The van der Waals surface area contributed by atoms with Crippen molar-refractivity contribution >= 4 is 27.6 Å². The molecule has 0 aliphatic rings. The number of hydrogen-bond acceptors (Lipinski definition) is 3. The molecular weight excluding hydrogens is 274 g/mol. The number of nitrogens with two attached hydrogens (primary N) is 1. The van der Waals surface area contributed by atoms with Gasteiger partial charge in [-0.3, -0.25) is 0 Å². The standard InChI is InChI=1S/C19H15NO2/c20-14-7-5-13(6-8-14)12-21-15-9-10-17-16-3-1-2-4-18(16)22-19(17)11-15/h1-11H,12,20H2. The number of para-hydroxylation sites is 1. The second-order valence-corrected chi connectivity index (χ2v) is 5.29. The van der Waals surface area contributed by atoms with Crippen molar-refractivity contribution in [3.8, 4) is 5.75 Å². The van der Waals surface area contributed by atoms with E-state index in [0.29, 0.717) is 6.61 Å². The Morgan fingerprint density at radius 1 is 0.818 bits per heavy atom. The van der Waals surface area contributed by atoms with Crippen LogP contribution in [0, 0.1) is 0 Å². The third-order valence-electron chi connectivity index (χ3n) is 3.74. The Kier molecular flexibility index (Phi) is 2.97. The van der Waals surface area contributed by atoms with Crippen molar-refractivity contribution in [3.63, 3.8) is 0 Å². The molecule has 0 unspecified atom stereocenters. The molecule has 0 fully saturated rings. The lowest BCUT2D eigenvalue weighted by atomic mass is 10.1. The highest BCUT2D eigenvalue weighted by molar-refractivity contribution is 6.05. The molecule has 0 spiro atoms. The summed E-state index contributed by atoms with van der Waals surface area (Å²) in [5.41, 5.74) is 9.26. The van der Waals surface area contributed by atoms with Crippen LogP contribution in [0.15, 0.2) is 71.1 Å². The number of rotatable bonds is 3. The molecule has 0 amide bonds. The molecule has 0 radical (unpaired) electrons. The van der Waals surface area contributed by atoms with Crippen molar-refractivity contribution in [2.24, 2.45) is 0 Å². The van der Waals surface area contributed by atoms with Crippen molar-refractivity contribution in [3.05, 3.63) is 72.3 Å². The zero-order chi connectivity index (χ0) is 14.9. The molecule has 4 rings (SSSR count). The van der Waals surface area contributed by atoms with Gasteiger partial charge in [-0.25, -0.2) is 0 Å². The average molecular weight is 289 g/mol. The third-order valence-corrected chi connectivity index (χ3v) is 3.74. The lowest BCUT2D eigenvalue weighted by molar-refractivity contribution is 0.306. The van der Waals surface area contributed by atoms with E-state index in [1.54, 1.807) is 0 Å². The van der Waals surface area contributed by atoms with Crippen LogP contribution in [0.25, 0.3) is 21.9 Å². The van der Waals surface area contributed by atoms with Gasteiger partial charge < -0.3 is 14.9 Å². The monoisotopic (exact) mass is 289 g/mol. The molecule has 3 aromatic carbocycles. The summed E-state index contributed by atoms with van der Waals surface area (Å²) in [5.74, 6) is 0.795. The van der Waals surface area contributed by atoms with E-state index in [1.807, 2.05) is 60.7 Å². The second-order valence-electron chi connectivity index (χ2n) is 5.29. The van der Waals surface area contributed by atoms with E-state index in [-0.39, 0.29) is 0 Å². The van der Waals surface area contributed by atoms with Crippen LogP contribution in [0.2, 0.25) is 0 Å². The summed E-state index contributed by atoms with van der Waals surface area (Å²) in [6, 6.07) is 21.7. The molecule has 1 aromatic heterocycles. The van der Waals surface area contributed by atoms with Gasteiger partial charge in [-0.2, -0.15) is 0 Å². The summed E-state index contributed by atoms with van der Waals surface area (Å²) < 4.78 is 11.7. The van der Waals surface area contributed by atoms with Crippen molar-refractivity contribution in [2.45, 2.75) is 6.61 Å². The van der Waals surface area contributed by atoms with Gasteiger partial charge in [0, 0.05) is 22.5 Å². The van der Waals surface area contributed by atoms with E-state index < -0.39 is 0 Å². The van der Waals surface area contributed by atoms with Gasteiger partial charge in [-0.1, -0.05) is 30.3 Å². The molecule has 2 N–H and O–H groups in total. The largest absolute Gasteiger partial charge is 0.489 e. The topological polar surface area (TPSA) is 48.4 Å². The Balaban J connectivity index is 1.62. The third kappa shape index (κ3) is 2.27. The number of hydrogen-bond donors (Lipinski definition) is 1. The highest BCUT2D eigenvalue weighted by Gasteiger charge is 2.07. The maximum atomic E-state index is 5.86. The fraction of sp³-hybridized carbons (Fsp3) is 0.0526. The van der Waals surface area contributed by atoms with Crippen molar-refractivity contribution < 1.29 is 9.15 Å². The summed E-state index contributed by atoms with van der Waals surface area (Å²) in [6.07, 6.45) is 0. The molecule has 0 bridgehead atoms. The molecule has 0 aliphatic carbocycles. The predicted octanol–water partition coefficient (Wildman–Crippen LogP) is 4.75. The van der Waals surface area contributed by atoms with Gasteiger partial charge in [0.15, 0.2) is 0 Å². The Bertz CT molecular complexity index is 939. The maximum absolute atomic E-state index is 5.86. The van der Waals surface area contributed by atoms with Crippen molar-refractivity contribution in [2.75, 3.05) is 5.73 Å². The Morgan fingerprint density at radius 3 is 2.45 bits per heavy atom. The van der Waals surface area contributed by atoms with Crippen LogP contribution in [0.4, 0.5) is 5.69 Å². The molecule has 1 heterocycles. The molecule has 3 nitrogen and oxygen atoms in total. The lowest BCUT2D eigenvalue weighted by Crippen LogP contribution is -1.95. The van der Waals surface area contributed by atoms with E-state index in [2.05, 4.69) is 6.07 Å². The Hall–Kier alpha value is -2.94. The normalized spacial score (nSPS) is 11.1. The lowest BCUT2D eigenvalue weighted by Gasteiger charge is -2.06. The molecule has 108 valence electrons. The summed E-state index contributed by atoms with van der Waals surface area (Å²) in [4.78, 5) is 0. The molecule has 3 heteroatoms. The number of benzene rings is 3. The average Bonchev–Trinajstić information content (AvgIpc) is 2.92. The number of nitrogen functional groups attached to an aromatic ring is 1. The molecular formula is C19H15NO2. The summed E-state index contributed by atoms with van der Waals surface area (Å²) in [5, 5.41) is 2.23. The first-order valence-corrected chi connectivity index (χ1v) is 7.18. The van der Waals surface area contributed by atoms with Crippen LogP contribution in [0.1, 0.15) is 5.56 Å². The fourth-order valence-corrected chi connectivity index (χ4v) is 2.58. The quantitative estimate of drug-likeness (QED) is 0.554. The SMILES string of the molecule is Nc1ccc(COc2ccc3c(c2)oc2ccccc23)cc1. The van der Waals surface area contributed by atoms with E-state index in [0.717, 1.165) is 38.9 Å². The molecule has 22 heavy (non-hydrogen) atoms. The van der Waals surface area contributed by atoms with E-state index in [4.69, 9.17) is 14.9 Å². The zero-order valence-electron chi connectivity index (χ0n) is 12.0. The van der Waals surface area contributed by atoms with Crippen LogP contribution in [0.5, 0.6) is 5.75 Å². The smallest absolute Gasteiger partial charge is 0.139 e. The van der Waals surface area contributed by atoms with Gasteiger partial charge in [0.2, 0.25) is 0 Å². The van der Waals surface area contributed by atoms with Crippen molar-refractivity contribution in [1.82, 2.24) is 0 Å². The number of furan rings is 1. The molecule has 0 atom stereocenters. The van der Waals surface area contributed by atoms with E-state index in [1.165, 1.54) is 0 Å². The van der Waals surface area contributed by atoms with Crippen LogP contribution < -0.4 is 10.5 Å². The van der Waals surface area contributed by atoms with Gasteiger partial charge in [0.1, 0.15) is 23.5 Å². The fourth-order valence-electron chi connectivity index (χ4n) is 2.58. The van der Waals surface area contributed by atoms with Gasteiger partial charge in [-0.15, -0.1) is 0 Å². The van der Waals surface area contributed by atoms with Gasteiger partial charge >= 0.3 is 0 Å². The number of ether oxygens (including phenoxy) is 1. The van der Waals surface area contributed by atoms with Gasteiger partial charge in [-0.05, 0) is 35.9 Å². The Labute approximate surface area is 127 Å². The minimum Gasteiger partial charge on any atom is -0.489 e. The second kappa shape index (κ2) is 5.11. The van der Waals surface area contributed by atoms with Gasteiger partial charge in [0.25, 0.3) is 0 Å². The molecule has 0 aliphatic heterocycles. The zero-order valence-corrected chi connectivity index (χ0v) is 12.0. The summed E-state index contributed by atoms with van der Waals surface area (Å²) >= 11 is 0. The first-order valence-electron chi connectivity index (χ1n) is 7.18.